The highest BCUT2D eigenvalue weighted by Gasteiger charge is 2.19. The Morgan fingerprint density at radius 1 is 1.15 bits per heavy atom. The molecule has 1 N–H and O–H groups in total. The maximum absolute atomic E-state index is 12.9. The minimum atomic E-state index is -0.435. The number of hydrogen-bond acceptors (Lipinski definition) is 4. The van der Waals surface area contributed by atoms with E-state index in [1.54, 1.807) is 6.07 Å². The fourth-order valence-corrected chi connectivity index (χ4v) is 2.86. The highest BCUT2D eigenvalue weighted by molar-refractivity contribution is 6.05. The third-order valence-electron chi connectivity index (χ3n) is 4.32. The van der Waals surface area contributed by atoms with Gasteiger partial charge in [0, 0.05) is 5.69 Å². The third-order valence-corrected chi connectivity index (χ3v) is 4.32. The van der Waals surface area contributed by atoms with E-state index in [1.165, 1.54) is 17.9 Å². The van der Waals surface area contributed by atoms with Crippen LogP contribution < -0.4 is 15.6 Å². The molecule has 0 aliphatic carbocycles. The number of nitrogens with one attached hydrogen (secondary N) is 1. The number of amides is 1. The van der Waals surface area contributed by atoms with E-state index in [-0.39, 0.29) is 17.0 Å². The van der Waals surface area contributed by atoms with Crippen molar-refractivity contribution in [3.8, 4) is 11.4 Å². The molecule has 0 saturated heterocycles. The Kier molecular flexibility index (Phi) is 5.35. The van der Waals surface area contributed by atoms with Gasteiger partial charge in [0.15, 0.2) is 11.4 Å². The van der Waals surface area contributed by atoms with Crippen molar-refractivity contribution in [3.05, 3.63) is 81.8 Å². The molecule has 0 aliphatic heterocycles. The summed E-state index contributed by atoms with van der Waals surface area (Å²) in [5, 5.41) is 7.16. The average Bonchev–Trinajstić information content (AvgIpc) is 2.68. The van der Waals surface area contributed by atoms with Crippen molar-refractivity contribution < 1.29 is 9.53 Å². The molecule has 2 aromatic carbocycles. The smallest absolute Gasteiger partial charge is 0.280 e. The molecular weight excluding hydrogens is 342 g/mol. The molecule has 3 rings (SSSR count). The number of carbonyl (C=O) groups excluding carboxylic acids is 1. The Morgan fingerprint density at radius 3 is 2.56 bits per heavy atom. The van der Waals surface area contributed by atoms with E-state index in [4.69, 9.17) is 4.74 Å². The Hall–Kier alpha value is -3.41. The molecule has 0 aliphatic rings. The van der Waals surface area contributed by atoms with Crippen LogP contribution in [-0.2, 0) is 6.42 Å². The van der Waals surface area contributed by atoms with E-state index in [0.717, 1.165) is 17.5 Å². The van der Waals surface area contributed by atoms with E-state index < -0.39 is 5.91 Å². The van der Waals surface area contributed by atoms with Crippen molar-refractivity contribution in [3.63, 3.8) is 0 Å². The maximum atomic E-state index is 12.9. The molecule has 0 radical (unpaired) electrons. The first kappa shape index (κ1) is 18.4. The van der Waals surface area contributed by atoms with Crippen LogP contribution in [0.1, 0.15) is 28.5 Å². The molecular formula is C21H21N3O3. The van der Waals surface area contributed by atoms with Gasteiger partial charge in [0.1, 0.15) is 0 Å². The second-order valence-electron chi connectivity index (χ2n) is 6.06. The molecule has 0 spiro atoms. The van der Waals surface area contributed by atoms with Crippen molar-refractivity contribution in [2.75, 3.05) is 12.4 Å². The van der Waals surface area contributed by atoms with Gasteiger partial charge in [-0.2, -0.15) is 9.78 Å². The van der Waals surface area contributed by atoms with Crippen molar-refractivity contribution >= 4 is 11.6 Å². The standard InChI is InChI=1S/C21H21N3O3/c1-4-15-10-6-7-11-16(15)22-21(26)20-18(27-3)13-19(25)24(23-20)17-12-8-5-9-14(17)2/h5-13H,4H2,1-3H3,(H,22,26). The minimum Gasteiger partial charge on any atom is -0.494 e. The lowest BCUT2D eigenvalue weighted by Crippen LogP contribution is -2.26. The first-order valence-electron chi connectivity index (χ1n) is 8.68. The molecule has 0 bridgehead atoms. The van der Waals surface area contributed by atoms with Crippen molar-refractivity contribution in [1.82, 2.24) is 9.78 Å². The first-order chi connectivity index (χ1) is 13.0. The predicted octanol–water partition coefficient (Wildman–Crippen LogP) is 3.36. The Morgan fingerprint density at radius 2 is 1.85 bits per heavy atom. The molecule has 0 atom stereocenters. The summed E-state index contributed by atoms with van der Waals surface area (Å²) in [7, 11) is 1.41. The summed E-state index contributed by atoms with van der Waals surface area (Å²) < 4.78 is 6.45. The number of aryl methyl sites for hydroxylation is 2. The van der Waals surface area contributed by atoms with Crippen LogP contribution in [0.3, 0.4) is 0 Å². The molecule has 0 fully saturated rings. The molecule has 3 aromatic rings. The maximum Gasteiger partial charge on any atom is 0.280 e. The number of rotatable bonds is 5. The Labute approximate surface area is 157 Å². The number of hydrogen-bond donors (Lipinski definition) is 1. The largest absolute Gasteiger partial charge is 0.494 e. The summed E-state index contributed by atoms with van der Waals surface area (Å²) in [5.41, 5.74) is 2.89. The number of methoxy groups -OCH3 is 1. The summed E-state index contributed by atoms with van der Waals surface area (Å²) in [5.74, 6) is -0.300. The average molecular weight is 363 g/mol. The fraction of sp³-hybridized carbons (Fsp3) is 0.190. The Bertz CT molecular complexity index is 1040. The lowest BCUT2D eigenvalue weighted by molar-refractivity contribution is 0.101. The van der Waals surface area contributed by atoms with E-state index in [1.807, 2.05) is 56.3 Å². The van der Waals surface area contributed by atoms with Gasteiger partial charge in [-0.05, 0) is 36.6 Å². The summed E-state index contributed by atoms with van der Waals surface area (Å²) in [6, 6.07) is 16.2. The molecule has 1 heterocycles. The normalized spacial score (nSPS) is 10.5. The molecule has 6 heteroatoms. The van der Waals surface area contributed by atoms with Gasteiger partial charge in [-0.3, -0.25) is 9.59 Å². The molecule has 1 amide bonds. The van der Waals surface area contributed by atoms with E-state index >= 15 is 0 Å². The van der Waals surface area contributed by atoms with Crippen molar-refractivity contribution in [1.29, 1.82) is 0 Å². The van der Waals surface area contributed by atoms with E-state index in [9.17, 15) is 9.59 Å². The molecule has 138 valence electrons. The van der Waals surface area contributed by atoms with Crippen LogP contribution in [0.2, 0.25) is 0 Å². The van der Waals surface area contributed by atoms with Crippen LogP contribution in [0.4, 0.5) is 5.69 Å². The van der Waals surface area contributed by atoms with Gasteiger partial charge in [0.2, 0.25) is 0 Å². The molecule has 1 aromatic heterocycles. The predicted molar refractivity (Wildman–Crippen MR) is 105 cm³/mol. The summed E-state index contributed by atoms with van der Waals surface area (Å²) in [6.45, 7) is 3.90. The lowest BCUT2D eigenvalue weighted by atomic mass is 10.1. The number of aromatic nitrogens is 2. The van der Waals surface area contributed by atoms with Crippen LogP contribution in [0, 0.1) is 6.92 Å². The number of nitrogens with zero attached hydrogens (tertiary/aromatic N) is 2. The van der Waals surface area contributed by atoms with Crippen LogP contribution in [0.5, 0.6) is 5.75 Å². The summed E-state index contributed by atoms with van der Waals surface area (Å²) in [4.78, 5) is 25.3. The van der Waals surface area contributed by atoms with E-state index in [2.05, 4.69) is 10.4 Å². The van der Waals surface area contributed by atoms with Crippen LogP contribution in [0.15, 0.2) is 59.4 Å². The zero-order valence-electron chi connectivity index (χ0n) is 15.5. The number of benzene rings is 2. The topological polar surface area (TPSA) is 73.2 Å². The minimum absolute atomic E-state index is 0.0475. The number of para-hydroxylation sites is 2. The lowest BCUT2D eigenvalue weighted by Gasteiger charge is -2.14. The SMILES string of the molecule is CCc1ccccc1NC(=O)c1nn(-c2ccccc2C)c(=O)cc1OC. The summed E-state index contributed by atoms with van der Waals surface area (Å²) in [6.07, 6.45) is 0.781. The monoisotopic (exact) mass is 363 g/mol. The first-order valence-corrected chi connectivity index (χ1v) is 8.68. The molecule has 0 saturated carbocycles. The van der Waals surface area contributed by atoms with Gasteiger partial charge >= 0.3 is 0 Å². The fourth-order valence-electron chi connectivity index (χ4n) is 2.86. The van der Waals surface area contributed by atoms with Crippen molar-refractivity contribution in [2.24, 2.45) is 0 Å². The van der Waals surface area contributed by atoms with Gasteiger partial charge in [-0.1, -0.05) is 43.3 Å². The van der Waals surface area contributed by atoms with Gasteiger partial charge in [-0.25, -0.2) is 0 Å². The Balaban J connectivity index is 2.06. The highest BCUT2D eigenvalue weighted by atomic mass is 16.5. The van der Waals surface area contributed by atoms with Crippen LogP contribution >= 0.6 is 0 Å². The van der Waals surface area contributed by atoms with Gasteiger partial charge in [0.25, 0.3) is 11.5 Å². The second-order valence-corrected chi connectivity index (χ2v) is 6.06. The van der Waals surface area contributed by atoms with Gasteiger partial charge < -0.3 is 10.1 Å². The number of ether oxygens (including phenoxy) is 1. The molecule has 6 nitrogen and oxygen atoms in total. The number of carbonyl (C=O) groups is 1. The number of anilines is 1. The summed E-state index contributed by atoms with van der Waals surface area (Å²) >= 11 is 0. The zero-order chi connectivity index (χ0) is 19.4. The van der Waals surface area contributed by atoms with Crippen molar-refractivity contribution in [2.45, 2.75) is 20.3 Å². The second kappa shape index (κ2) is 7.86. The molecule has 27 heavy (non-hydrogen) atoms. The van der Waals surface area contributed by atoms with E-state index in [0.29, 0.717) is 11.4 Å². The highest BCUT2D eigenvalue weighted by Crippen LogP contribution is 2.20. The van der Waals surface area contributed by atoms with Gasteiger partial charge in [0.05, 0.1) is 18.9 Å². The molecule has 0 unspecified atom stereocenters. The van der Waals surface area contributed by atoms with Crippen LogP contribution in [0.25, 0.3) is 5.69 Å². The quantitative estimate of drug-likeness (QED) is 0.754. The zero-order valence-corrected chi connectivity index (χ0v) is 15.5. The third kappa shape index (κ3) is 3.74. The van der Waals surface area contributed by atoms with Crippen LogP contribution in [-0.4, -0.2) is 22.8 Å². The van der Waals surface area contributed by atoms with Gasteiger partial charge in [-0.15, -0.1) is 0 Å².